The highest BCUT2D eigenvalue weighted by Gasteiger charge is 1.97. The van der Waals surface area contributed by atoms with Gasteiger partial charge >= 0.3 is 0 Å². The van der Waals surface area contributed by atoms with Crippen LogP contribution in [-0.2, 0) is 0 Å². The summed E-state index contributed by atoms with van der Waals surface area (Å²) >= 11 is 0. The Morgan fingerprint density at radius 1 is 1.43 bits per heavy atom. The van der Waals surface area contributed by atoms with Crippen LogP contribution in [0.4, 0.5) is 0 Å². The van der Waals surface area contributed by atoms with E-state index in [-0.39, 0.29) is 0 Å². The predicted molar refractivity (Wildman–Crippen MR) is 61.1 cm³/mol. The second-order valence-electron chi connectivity index (χ2n) is 3.83. The van der Waals surface area contributed by atoms with Gasteiger partial charge in [-0.25, -0.2) is 5.84 Å². The van der Waals surface area contributed by atoms with Crippen LogP contribution in [0, 0.1) is 0 Å². The smallest absolute Gasteiger partial charge is 0.205 e. The highest BCUT2D eigenvalue weighted by atomic mass is 15.3. The molecule has 0 aliphatic carbocycles. The standard InChI is InChI=1S/C9H23N5/c1-8(2)12-9(13-10)11-6-5-7-14(3)4/h8H,5-7,10H2,1-4H3,(H2,11,12,13). The highest BCUT2D eigenvalue weighted by Crippen LogP contribution is 1.85. The number of nitrogens with one attached hydrogen (secondary N) is 2. The first-order valence-electron chi connectivity index (χ1n) is 4.98. The van der Waals surface area contributed by atoms with Gasteiger partial charge in [0.15, 0.2) is 0 Å². The van der Waals surface area contributed by atoms with Gasteiger partial charge in [0.1, 0.15) is 0 Å². The van der Waals surface area contributed by atoms with Crippen molar-refractivity contribution in [1.82, 2.24) is 15.6 Å². The third kappa shape index (κ3) is 7.82. The van der Waals surface area contributed by atoms with Gasteiger partial charge in [0.25, 0.3) is 0 Å². The molecule has 84 valence electrons. The Kier molecular flexibility index (Phi) is 7.14. The Morgan fingerprint density at radius 3 is 2.50 bits per heavy atom. The van der Waals surface area contributed by atoms with Crippen LogP contribution in [0.1, 0.15) is 20.3 Å². The number of hydrazine groups is 1. The minimum absolute atomic E-state index is 0.346. The van der Waals surface area contributed by atoms with E-state index in [0.717, 1.165) is 19.5 Å². The molecule has 0 spiro atoms. The van der Waals surface area contributed by atoms with Crippen molar-refractivity contribution in [3.05, 3.63) is 0 Å². The Balaban J connectivity index is 3.70. The topological polar surface area (TPSA) is 65.7 Å². The first-order valence-corrected chi connectivity index (χ1v) is 4.98. The molecular weight excluding hydrogens is 178 g/mol. The number of aliphatic imine (C=N–C) groups is 1. The lowest BCUT2D eigenvalue weighted by atomic mass is 10.4. The molecule has 0 saturated carbocycles. The first-order chi connectivity index (χ1) is 6.56. The maximum absolute atomic E-state index is 5.31. The molecule has 5 nitrogen and oxygen atoms in total. The molecule has 4 N–H and O–H groups in total. The minimum Gasteiger partial charge on any atom is -0.353 e. The van der Waals surface area contributed by atoms with Crippen molar-refractivity contribution in [3.8, 4) is 0 Å². The van der Waals surface area contributed by atoms with Gasteiger partial charge in [-0.05, 0) is 40.9 Å². The van der Waals surface area contributed by atoms with Crippen LogP contribution in [0.25, 0.3) is 0 Å². The molecule has 0 saturated heterocycles. The van der Waals surface area contributed by atoms with E-state index in [2.05, 4.69) is 34.7 Å². The van der Waals surface area contributed by atoms with Crippen molar-refractivity contribution in [2.45, 2.75) is 26.3 Å². The summed E-state index contributed by atoms with van der Waals surface area (Å²) in [5.74, 6) is 5.97. The number of guanidine groups is 1. The van der Waals surface area contributed by atoms with Gasteiger partial charge in [-0.15, -0.1) is 0 Å². The minimum atomic E-state index is 0.346. The van der Waals surface area contributed by atoms with Crippen molar-refractivity contribution in [2.75, 3.05) is 27.2 Å². The number of nitrogens with zero attached hydrogens (tertiary/aromatic N) is 2. The zero-order valence-corrected chi connectivity index (χ0v) is 9.67. The predicted octanol–water partition coefficient (Wildman–Crippen LogP) is -0.245. The summed E-state index contributed by atoms with van der Waals surface area (Å²) in [5.41, 5.74) is 2.55. The number of rotatable bonds is 5. The Hall–Kier alpha value is -0.810. The number of hydrogen-bond acceptors (Lipinski definition) is 3. The summed E-state index contributed by atoms with van der Waals surface area (Å²) in [4.78, 5) is 6.44. The average molecular weight is 201 g/mol. The summed E-state index contributed by atoms with van der Waals surface area (Å²) in [5, 5.41) is 3.12. The van der Waals surface area contributed by atoms with Gasteiger partial charge in [0, 0.05) is 12.6 Å². The molecule has 0 aromatic carbocycles. The molecular formula is C9H23N5. The molecule has 0 unspecified atom stereocenters. The zero-order valence-electron chi connectivity index (χ0n) is 9.67. The van der Waals surface area contributed by atoms with Gasteiger partial charge in [-0.2, -0.15) is 0 Å². The van der Waals surface area contributed by atoms with Crippen LogP contribution < -0.4 is 16.6 Å². The summed E-state index contributed by atoms with van der Waals surface area (Å²) < 4.78 is 0. The Labute approximate surface area is 86.7 Å². The molecule has 0 aromatic rings. The molecule has 14 heavy (non-hydrogen) atoms. The maximum atomic E-state index is 5.31. The molecule has 5 heteroatoms. The van der Waals surface area contributed by atoms with Gasteiger partial charge in [-0.1, -0.05) is 0 Å². The quantitative estimate of drug-likeness (QED) is 0.189. The Morgan fingerprint density at radius 2 is 2.07 bits per heavy atom. The SMILES string of the molecule is CC(C)NC(=NCCCN(C)C)NN. The van der Waals surface area contributed by atoms with Crippen LogP contribution in [0.2, 0.25) is 0 Å². The summed E-state index contributed by atoms with van der Waals surface area (Å²) in [6.45, 7) is 5.93. The zero-order chi connectivity index (χ0) is 11.0. The van der Waals surface area contributed by atoms with Crippen molar-refractivity contribution >= 4 is 5.96 Å². The van der Waals surface area contributed by atoms with Crippen molar-refractivity contribution in [3.63, 3.8) is 0 Å². The van der Waals surface area contributed by atoms with E-state index < -0.39 is 0 Å². The summed E-state index contributed by atoms with van der Waals surface area (Å²) in [6, 6.07) is 0.346. The number of nitrogens with two attached hydrogens (primary N) is 1. The lowest BCUT2D eigenvalue weighted by molar-refractivity contribution is 0.403. The van der Waals surface area contributed by atoms with E-state index in [1.807, 2.05) is 13.8 Å². The van der Waals surface area contributed by atoms with E-state index in [4.69, 9.17) is 5.84 Å². The maximum Gasteiger partial charge on any atom is 0.205 e. The molecule has 0 bridgehead atoms. The van der Waals surface area contributed by atoms with Crippen molar-refractivity contribution in [1.29, 1.82) is 0 Å². The molecule has 0 radical (unpaired) electrons. The first kappa shape index (κ1) is 13.2. The molecule has 0 rings (SSSR count). The van der Waals surface area contributed by atoms with E-state index in [1.54, 1.807) is 0 Å². The van der Waals surface area contributed by atoms with Gasteiger partial charge in [0.05, 0.1) is 0 Å². The molecule has 0 aliphatic rings. The van der Waals surface area contributed by atoms with E-state index >= 15 is 0 Å². The second-order valence-corrected chi connectivity index (χ2v) is 3.83. The molecule has 0 aliphatic heterocycles. The average Bonchev–Trinajstić information content (AvgIpc) is 2.09. The van der Waals surface area contributed by atoms with Crippen molar-refractivity contribution < 1.29 is 0 Å². The molecule has 0 fully saturated rings. The van der Waals surface area contributed by atoms with E-state index in [1.165, 1.54) is 0 Å². The molecule has 0 atom stereocenters. The van der Waals surface area contributed by atoms with Crippen LogP contribution >= 0.6 is 0 Å². The lowest BCUT2D eigenvalue weighted by Gasteiger charge is -2.12. The van der Waals surface area contributed by atoms with Gasteiger partial charge in [-0.3, -0.25) is 10.4 Å². The third-order valence-corrected chi connectivity index (χ3v) is 1.60. The molecule has 0 aromatic heterocycles. The normalized spacial score (nSPS) is 12.4. The molecule has 0 heterocycles. The monoisotopic (exact) mass is 201 g/mol. The fourth-order valence-corrected chi connectivity index (χ4v) is 0.984. The third-order valence-electron chi connectivity index (χ3n) is 1.60. The fourth-order valence-electron chi connectivity index (χ4n) is 0.984. The molecule has 0 amide bonds. The van der Waals surface area contributed by atoms with Crippen LogP contribution in [0.3, 0.4) is 0 Å². The van der Waals surface area contributed by atoms with Crippen LogP contribution in [-0.4, -0.2) is 44.1 Å². The summed E-state index contributed by atoms with van der Waals surface area (Å²) in [7, 11) is 4.11. The van der Waals surface area contributed by atoms with Crippen molar-refractivity contribution in [2.24, 2.45) is 10.8 Å². The Bertz CT molecular complexity index is 165. The lowest BCUT2D eigenvalue weighted by Crippen LogP contribution is -2.44. The summed E-state index contributed by atoms with van der Waals surface area (Å²) in [6.07, 6.45) is 1.04. The van der Waals surface area contributed by atoms with Crippen LogP contribution in [0.5, 0.6) is 0 Å². The van der Waals surface area contributed by atoms with Gasteiger partial charge < -0.3 is 10.2 Å². The van der Waals surface area contributed by atoms with Gasteiger partial charge in [0.2, 0.25) is 5.96 Å². The second kappa shape index (κ2) is 7.58. The van der Waals surface area contributed by atoms with E-state index in [0.29, 0.717) is 12.0 Å². The van der Waals surface area contributed by atoms with Crippen LogP contribution in [0.15, 0.2) is 4.99 Å². The van der Waals surface area contributed by atoms with E-state index in [9.17, 15) is 0 Å². The fraction of sp³-hybridized carbons (Fsp3) is 0.889. The highest BCUT2D eigenvalue weighted by molar-refractivity contribution is 5.79. The number of hydrogen-bond donors (Lipinski definition) is 3. The largest absolute Gasteiger partial charge is 0.353 e.